The van der Waals surface area contributed by atoms with Gasteiger partial charge in [0, 0.05) is 18.7 Å². The number of nitro benzene ring substituents is 1. The number of non-ortho nitro benzene ring substituents is 1. The minimum absolute atomic E-state index is 0.0123. The summed E-state index contributed by atoms with van der Waals surface area (Å²) in [6.45, 7) is 5.92. The Bertz CT molecular complexity index is 809. The molecule has 2 aromatic carbocycles. The number of carbonyl (C=O) groups excluding carboxylic acids is 1. The minimum atomic E-state index is -0.513. The van der Waals surface area contributed by atoms with E-state index < -0.39 is 16.6 Å². The van der Waals surface area contributed by atoms with Crippen molar-refractivity contribution in [3.63, 3.8) is 0 Å². The van der Waals surface area contributed by atoms with E-state index >= 15 is 0 Å². The molecule has 2 rings (SSSR count). The lowest BCUT2D eigenvalue weighted by atomic mass is 10.1. The van der Waals surface area contributed by atoms with Crippen LogP contribution in [-0.2, 0) is 11.2 Å². The highest BCUT2D eigenvalue weighted by molar-refractivity contribution is 5.67. The van der Waals surface area contributed by atoms with Crippen molar-refractivity contribution in [2.45, 2.75) is 32.8 Å². The number of hydrogen-bond donors (Lipinski definition) is 1. The predicted molar refractivity (Wildman–Crippen MR) is 102 cm³/mol. The fourth-order valence-corrected chi connectivity index (χ4v) is 2.11. The maximum atomic E-state index is 11.6. The zero-order chi connectivity index (χ0) is 19.9. The van der Waals surface area contributed by atoms with Crippen molar-refractivity contribution in [2.75, 3.05) is 6.54 Å². The average Bonchev–Trinajstić information content (AvgIpc) is 2.60. The molecule has 8 heteroatoms. The van der Waals surface area contributed by atoms with Gasteiger partial charge >= 0.3 is 6.09 Å². The summed E-state index contributed by atoms with van der Waals surface area (Å²) >= 11 is 0. The molecule has 0 saturated heterocycles. The van der Waals surface area contributed by atoms with E-state index in [9.17, 15) is 14.9 Å². The Morgan fingerprint density at radius 3 is 2.04 bits per heavy atom. The highest BCUT2D eigenvalue weighted by atomic mass is 16.6. The van der Waals surface area contributed by atoms with E-state index in [-0.39, 0.29) is 5.69 Å². The Hall–Kier alpha value is -3.29. The normalized spacial score (nSPS) is 11.4. The molecule has 142 valence electrons. The van der Waals surface area contributed by atoms with Gasteiger partial charge in [-0.3, -0.25) is 10.1 Å². The van der Waals surface area contributed by atoms with Crippen molar-refractivity contribution in [2.24, 2.45) is 10.2 Å². The van der Waals surface area contributed by atoms with E-state index in [0.717, 1.165) is 5.56 Å². The molecule has 0 aliphatic rings. The zero-order valence-electron chi connectivity index (χ0n) is 15.5. The quantitative estimate of drug-likeness (QED) is 0.435. The molecule has 2 aromatic rings. The van der Waals surface area contributed by atoms with Crippen molar-refractivity contribution >= 4 is 23.2 Å². The summed E-state index contributed by atoms with van der Waals surface area (Å²) in [5.41, 5.74) is 1.74. The molecule has 1 N–H and O–H groups in total. The molecule has 0 aliphatic heterocycles. The van der Waals surface area contributed by atoms with Gasteiger partial charge in [0.05, 0.1) is 16.3 Å². The summed E-state index contributed by atoms with van der Waals surface area (Å²) in [5.74, 6) is 0. The van der Waals surface area contributed by atoms with Gasteiger partial charge < -0.3 is 10.1 Å². The summed E-state index contributed by atoms with van der Waals surface area (Å²) in [4.78, 5) is 21.7. The third-order valence-electron chi connectivity index (χ3n) is 3.36. The van der Waals surface area contributed by atoms with Crippen LogP contribution in [0.3, 0.4) is 0 Å². The van der Waals surface area contributed by atoms with Crippen LogP contribution in [0.15, 0.2) is 58.8 Å². The summed E-state index contributed by atoms with van der Waals surface area (Å²) in [7, 11) is 0. The van der Waals surface area contributed by atoms with Crippen LogP contribution in [0.1, 0.15) is 26.3 Å². The molecule has 0 radical (unpaired) electrons. The first kappa shape index (κ1) is 20.0. The molecule has 0 fully saturated rings. The molecule has 0 aliphatic carbocycles. The fraction of sp³-hybridized carbons (Fsp3) is 0.316. The summed E-state index contributed by atoms with van der Waals surface area (Å²) in [6, 6.07) is 13.3. The first-order valence-corrected chi connectivity index (χ1v) is 8.45. The molecule has 0 atom stereocenters. The van der Waals surface area contributed by atoms with E-state index in [1.807, 2.05) is 45.0 Å². The van der Waals surface area contributed by atoms with Crippen molar-refractivity contribution < 1.29 is 14.5 Å². The van der Waals surface area contributed by atoms with Gasteiger partial charge in [-0.2, -0.15) is 10.2 Å². The molecule has 0 bridgehead atoms. The number of hydrogen-bond acceptors (Lipinski definition) is 6. The Kier molecular flexibility index (Phi) is 6.59. The lowest BCUT2D eigenvalue weighted by Gasteiger charge is -2.19. The zero-order valence-corrected chi connectivity index (χ0v) is 15.5. The Morgan fingerprint density at radius 2 is 1.56 bits per heavy atom. The number of ether oxygens (including phenoxy) is 1. The number of carbonyl (C=O) groups is 1. The SMILES string of the molecule is CC(C)(C)OC(=O)NCCc1ccc(N=Nc2ccc([N+](=O)[O-])cc2)cc1. The van der Waals surface area contributed by atoms with Gasteiger partial charge in [-0.1, -0.05) is 12.1 Å². The number of alkyl carbamates (subject to hydrolysis) is 1. The van der Waals surface area contributed by atoms with Crippen molar-refractivity contribution in [1.29, 1.82) is 0 Å². The van der Waals surface area contributed by atoms with Gasteiger partial charge in [-0.05, 0) is 57.0 Å². The standard InChI is InChI=1S/C19H22N4O4/c1-19(2,3)27-18(24)20-13-12-14-4-6-15(7-5-14)21-22-16-8-10-17(11-9-16)23(25)26/h4-11H,12-13H2,1-3H3,(H,20,24). The number of rotatable bonds is 6. The van der Waals surface area contributed by atoms with E-state index in [1.165, 1.54) is 12.1 Å². The molecule has 0 spiro atoms. The van der Waals surface area contributed by atoms with Crippen molar-refractivity contribution in [3.8, 4) is 0 Å². The fourth-order valence-electron chi connectivity index (χ4n) is 2.11. The summed E-state index contributed by atoms with van der Waals surface area (Å²) in [6.07, 6.45) is 0.231. The first-order chi connectivity index (χ1) is 12.7. The molecular formula is C19H22N4O4. The minimum Gasteiger partial charge on any atom is -0.444 e. The van der Waals surface area contributed by atoms with Gasteiger partial charge in [0.1, 0.15) is 5.60 Å². The average molecular weight is 370 g/mol. The van der Waals surface area contributed by atoms with E-state index in [2.05, 4.69) is 15.5 Å². The van der Waals surface area contributed by atoms with Crippen LogP contribution < -0.4 is 5.32 Å². The van der Waals surface area contributed by atoms with Crippen LogP contribution >= 0.6 is 0 Å². The number of benzene rings is 2. The van der Waals surface area contributed by atoms with Gasteiger partial charge in [0.2, 0.25) is 0 Å². The number of nitro groups is 1. The molecular weight excluding hydrogens is 348 g/mol. The van der Waals surface area contributed by atoms with Crippen LogP contribution in [0.25, 0.3) is 0 Å². The van der Waals surface area contributed by atoms with Crippen LogP contribution in [0, 0.1) is 10.1 Å². The second-order valence-corrected chi connectivity index (χ2v) is 6.82. The van der Waals surface area contributed by atoms with E-state index in [4.69, 9.17) is 4.74 Å². The van der Waals surface area contributed by atoms with Crippen LogP contribution in [-0.4, -0.2) is 23.2 Å². The molecule has 0 unspecified atom stereocenters. The molecule has 0 heterocycles. The molecule has 27 heavy (non-hydrogen) atoms. The Labute approximate surface area is 157 Å². The number of nitrogens with zero attached hydrogens (tertiary/aromatic N) is 3. The lowest BCUT2D eigenvalue weighted by molar-refractivity contribution is -0.384. The Balaban J connectivity index is 1.84. The highest BCUT2D eigenvalue weighted by Gasteiger charge is 2.15. The molecule has 0 aromatic heterocycles. The van der Waals surface area contributed by atoms with E-state index in [0.29, 0.717) is 24.3 Å². The second-order valence-electron chi connectivity index (χ2n) is 6.82. The largest absolute Gasteiger partial charge is 0.444 e. The second kappa shape index (κ2) is 8.88. The van der Waals surface area contributed by atoms with Gasteiger partial charge in [0.25, 0.3) is 5.69 Å². The predicted octanol–water partition coefficient (Wildman–Crippen LogP) is 5.08. The highest BCUT2D eigenvalue weighted by Crippen LogP contribution is 2.21. The molecule has 8 nitrogen and oxygen atoms in total. The van der Waals surface area contributed by atoms with Crippen molar-refractivity contribution in [1.82, 2.24) is 5.32 Å². The number of azo groups is 1. The van der Waals surface area contributed by atoms with Crippen molar-refractivity contribution in [3.05, 3.63) is 64.2 Å². The number of nitrogens with one attached hydrogen (secondary N) is 1. The lowest BCUT2D eigenvalue weighted by Crippen LogP contribution is -2.33. The molecule has 1 amide bonds. The smallest absolute Gasteiger partial charge is 0.407 e. The topological polar surface area (TPSA) is 106 Å². The number of amides is 1. The first-order valence-electron chi connectivity index (χ1n) is 8.45. The Morgan fingerprint density at radius 1 is 1.04 bits per heavy atom. The third-order valence-corrected chi connectivity index (χ3v) is 3.36. The maximum absolute atomic E-state index is 11.6. The van der Waals surface area contributed by atoms with Crippen LogP contribution in [0.5, 0.6) is 0 Å². The summed E-state index contributed by atoms with van der Waals surface area (Å²) < 4.78 is 5.17. The van der Waals surface area contributed by atoms with Gasteiger partial charge in [-0.15, -0.1) is 0 Å². The van der Waals surface area contributed by atoms with E-state index in [1.54, 1.807) is 12.1 Å². The maximum Gasteiger partial charge on any atom is 0.407 e. The monoisotopic (exact) mass is 370 g/mol. The summed E-state index contributed by atoms with van der Waals surface area (Å²) in [5, 5.41) is 21.5. The van der Waals surface area contributed by atoms with Gasteiger partial charge in [-0.25, -0.2) is 4.79 Å². The van der Waals surface area contributed by atoms with Crippen LogP contribution in [0.2, 0.25) is 0 Å². The van der Waals surface area contributed by atoms with Crippen LogP contribution in [0.4, 0.5) is 21.9 Å². The third kappa shape index (κ3) is 7.23. The van der Waals surface area contributed by atoms with Gasteiger partial charge in [0.15, 0.2) is 0 Å². The molecule has 0 saturated carbocycles.